The Morgan fingerprint density at radius 3 is 2.33 bits per heavy atom. The van der Waals surface area contributed by atoms with E-state index in [1.165, 1.54) is 0 Å². The molecule has 1 radical (unpaired) electrons. The van der Waals surface area contributed by atoms with Gasteiger partial charge in [-0.15, -0.1) is 16.7 Å². The number of Topliss-reactive ketones (excluding diaryl/α,β-unsaturated/α-hetero) is 2. The van der Waals surface area contributed by atoms with Gasteiger partial charge < -0.3 is 0 Å². The molecule has 1 aromatic carbocycles. The van der Waals surface area contributed by atoms with Crippen LogP contribution in [0.5, 0.6) is 0 Å². The molecule has 0 N–H and O–H groups in total. The van der Waals surface area contributed by atoms with Crippen LogP contribution in [0.1, 0.15) is 20.3 Å². The van der Waals surface area contributed by atoms with E-state index >= 15 is 0 Å². The van der Waals surface area contributed by atoms with Crippen LogP contribution >= 0.6 is 23.2 Å². The maximum absolute atomic E-state index is 12.3. The molecule has 2 rings (SSSR count). The SMILES string of the molecule is CC1(C)CC(=O)C(Cl)(N=Nc2ccccc2)C(=O)C1Cl.[Cu]. The second-order valence-corrected chi connectivity index (χ2v) is 6.46. The molecule has 7 heteroatoms. The van der Waals surface area contributed by atoms with Gasteiger partial charge in [-0.2, -0.15) is 5.11 Å². The summed E-state index contributed by atoms with van der Waals surface area (Å²) in [6.45, 7) is 3.51. The Labute approximate surface area is 143 Å². The number of ketones is 2. The van der Waals surface area contributed by atoms with Gasteiger partial charge in [-0.3, -0.25) is 9.59 Å². The summed E-state index contributed by atoms with van der Waals surface area (Å²) in [5, 5.41) is 6.78. The number of nitrogens with zero attached hydrogens (tertiary/aromatic N) is 2. The van der Waals surface area contributed by atoms with Gasteiger partial charge in [0, 0.05) is 23.5 Å². The van der Waals surface area contributed by atoms with E-state index in [2.05, 4.69) is 10.2 Å². The third-order valence-corrected chi connectivity index (χ3v) is 4.55. The van der Waals surface area contributed by atoms with Crippen molar-refractivity contribution in [2.75, 3.05) is 0 Å². The maximum atomic E-state index is 12.3. The van der Waals surface area contributed by atoms with Gasteiger partial charge in [-0.1, -0.05) is 43.6 Å². The normalized spacial score (nSPS) is 28.5. The van der Waals surface area contributed by atoms with Gasteiger partial charge in [0.25, 0.3) is 5.00 Å². The van der Waals surface area contributed by atoms with E-state index in [4.69, 9.17) is 23.2 Å². The molecule has 21 heavy (non-hydrogen) atoms. The third kappa shape index (κ3) is 3.54. The Balaban J connectivity index is 0.00000220. The molecule has 0 saturated heterocycles. The number of hydrogen-bond acceptors (Lipinski definition) is 4. The molecule has 1 saturated carbocycles. The molecule has 2 unspecified atom stereocenters. The van der Waals surface area contributed by atoms with Crippen molar-refractivity contribution < 1.29 is 26.7 Å². The number of rotatable bonds is 2. The number of hydrogen-bond donors (Lipinski definition) is 0. The second-order valence-electron chi connectivity index (χ2n) is 5.47. The Morgan fingerprint density at radius 1 is 1.19 bits per heavy atom. The van der Waals surface area contributed by atoms with Crippen molar-refractivity contribution in [3.8, 4) is 0 Å². The minimum atomic E-state index is -2.00. The zero-order valence-corrected chi connectivity index (χ0v) is 13.9. The fourth-order valence-electron chi connectivity index (χ4n) is 2.01. The molecule has 0 bridgehead atoms. The van der Waals surface area contributed by atoms with Crippen molar-refractivity contribution in [3.05, 3.63) is 30.3 Å². The molecule has 1 aliphatic carbocycles. The van der Waals surface area contributed by atoms with Crippen molar-refractivity contribution in [3.63, 3.8) is 0 Å². The number of alkyl halides is 2. The summed E-state index contributed by atoms with van der Waals surface area (Å²) >= 11 is 12.2. The number of carbonyl (C=O) groups is 2. The Hall–Kier alpha value is -0.741. The zero-order valence-electron chi connectivity index (χ0n) is 11.4. The van der Waals surface area contributed by atoms with E-state index in [0.717, 1.165) is 0 Å². The van der Waals surface area contributed by atoms with Gasteiger partial charge in [-0.25, -0.2) is 0 Å². The predicted octanol–water partition coefficient (Wildman–Crippen LogP) is 3.88. The number of benzene rings is 1. The van der Waals surface area contributed by atoms with Crippen LogP contribution in [0.2, 0.25) is 0 Å². The molecular weight excluding hydrogens is 363 g/mol. The maximum Gasteiger partial charge on any atom is 0.271 e. The zero-order chi connectivity index (χ0) is 15.0. The summed E-state index contributed by atoms with van der Waals surface area (Å²) < 4.78 is 0. The summed E-state index contributed by atoms with van der Waals surface area (Å²) in [5.41, 5.74) is -0.111. The number of halogens is 2. The molecule has 0 amide bonds. The van der Waals surface area contributed by atoms with E-state index in [1.54, 1.807) is 38.1 Å². The Kier molecular flexibility index (Phi) is 5.73. The van der Waals surface area contributed by atoms with E-state index < -0.39 is 27.4 Å². The molecule has 0 heterocycles. The van der Waals surface area contributed by atoms with Gasteiger partial charge in [-0.05, 0) is 17.5 Å². The smallest absolute Gasteiger partial charge is 0.271 e. The van der Waals surface area contributed by atoms with Gasteiger partial charge in [0.1, 0.15) is 5.38 Å². The van der Waals surface area contributed by atoms with Crippen molar-refractivity contribution in [1.82, 2.24) is 0 Å². The number of carbonyl (C=O) groups excluding carboxylic acids is 2. The quantitative estimate of drug-likeness (QED) is 0.258. The first-order chi connectivity index (χ1) is 9.27. The summed E-state index contributed by atoms with van der Waals surface area (Å²) in [6, 6.07) is 8.76. The van der Waals surface area contributed by atoms with Crippen molar-refractivity contribution in [2.24, 2.45) is 15.6 Å². The first kappa shape index (κ1) is 18.3. The average Bonchev–Trinajstić information content (AvgIpc) is 2.42. The molecule has 117 valence electrons. The van der Waals surface area contributed by atoms with Crippen molar-refractivity contribution >= 4 is 40.5 Å². The summed E-state index contributed by atoms with van der Waals surface area (Å²) in [7, 11) is 0. The average molecular weight is 377 g/mol. The minimum absolute atomic E-state index is 0. The Morgan fingerprint density at radius 2 is 1.76 bits per heavy atom. The van der Waals surface area contributed by atoms with E-state index in [1.807, 2.05) is 6.07 Å². The van der Waals surface area contributed by atoms with Gasteiger partial charge in [0.15, 0.2) is 5.78 Å². The fraction of sp³-hybridized carbons (Fsp3) is 0.429. The fourth-order valence-corrected chi connectivity index (χ4v) is 2.51. The molecule has 1 aromatic rings. The van der Waals surface area contributed by atoms with Crippen LogP contribution in [0.15, 0.2) is 40.6 Å². The first-order valence-electron chi connectivity index (χ1n) is 6.16. The van der Waals surface area contributed by atoms with E-state index in [-0.39, 0.29) is 23.5 Å². The second kappa shape index (κ2) is 6.57. The van der Waals surface area contributed by atoms with Gasteiger partial charge >= 0.3 is 0 Å². The van der Waals surface area contributed by atoms with E-state index in [0.29, 0.717) is 5.69 Å². The molecule has 2 atom stereocenters. The molecule has 1 aliphatic rings. The minimum Gasteiger partial charge on any atom is -0.295 e. The Bertz CT molecular complexity index is 578. The van der Waals surface area contributed by atoms with Gasteiger partial charge in [0.05, 0.1) is 5.69 Å². The molecule has 0 aliphatic heterocycles. The van der Waals surface area contributed by atoms with Crippen LogP contribution in [0.25, 0.3) is 0 Å². The van der Waals surface area contributed by atoms with Crippen LogP contribution in [-0.2, 0) is 26.7 Å². The van der Waals surface area contributed by atoms with E-state index in [9.17, 15) is 9.59 Å². The monoisotopic (exact) mass is 375 g/mol. The number of azo groups is 1. The molecule has 0 spiro atoms. The first-order valence-corrected chi connectivity index (χ1v) is 6.97. The molecule has 0 aromatic heterocycles. The topological polar surface area (TPSA) is 58.9 Å². The summed E-state index contributed by atoms with van der Waals surface area (Å²) in [5.74, 6) is -1.08. The van der Waals surface area contributed by atoms with Crippen molar-refractivity contribution in [1.29, 1.82) is 0 Å². The van der Waals surface area contributed by atoms with Gasteiger partial charge in [0.2, 0.25) is 5.78 Å². The predicted molar refractivity (Wildman–Crippen MR) is 77.6 cm³/mol. The summed E-state index contributed by atoms with van der Waals surface area (Å²) in [4.78, 5) is 22.4. The molecule has 1 fully saturated rings. The van der Waals surface area contributed by atoms with Crippen molar-refractivity contribution in [2.45, 2.75) is 30.6 Å². The van der Waals surface area contributed by atoms with Crippen LogP contribution in [-0.4, -0.2) is 21.9 Å². The van der Waals surface area contributed by atoms with Crippen LogP contribution < -0.4 is 0 Å². The van der Waals surface area contributed by atoms with Crippen LogP contribution in [0.3, 0.4) is 0 Å². The van der Waals surface area contributed by atoms with Crippen LogP contribution in [0.4, 0.5) is 5.69 Å². The largest absolute Gasteiger partial charge is 0.295 e. The summed E-state index contributed by atoms with van der Waals surface area (Å²) in [6.07, 6.45) is 0.0875. The molecule has 4 nitrogen and oxygen atoms in total. The third-order valence-electron chi connectivity index (χ3n) is 3.29. The molecular formula is C14H14Cl2CuN2O2. The van der Waals surface area contributed by atoms with Crippen LogP contribution in [0, 0.1) is 5.41 Å². The standard InChI is InChI=1S/C14H14Cl2N2O2.Cu/c1-13(2)8-10(19)14(16,12(20)11(13)15)18-17-9-6-4-3-5-7-9;/h3-7,11H,8H2,1-2H3;.